The summed E-state index contributed by atoms with van der Waals surface area (Å²) < 4.78 is 40.1. The molecule has 9 heteroatoms. The lowest BCUT2D eigenvalue weighted by Gasteiger charge is -2.30. The highest BCUT2D eigenvalue weighted by Crippen LogP contribution is 2.17. The highest BCUT2D eigenvalue weighted by Gasteiger charge is 2.30. The lowest BCUT2D eigenvalue weighted by Crippen LogP contribution is -2.50. The van der Waals surface area contributed by atoms with Crippen LogP contribution in [0.15, 0.2) is 53.4 Å². The Labute approximate surface area is 195 Å². The first-order valence-electron chi connectivity index (χ1n) is 10.9. The van der Waals surface area contributed by atoms with Crippen molar-refractivity contribution < 1.29 is 22.4 Å². The first kappa shape index (κ1) is 26.5. The van der Waals surface area contributed by atoms with Gasteiger partial charge in [0.25, 0.3) is 0 Å². The summed E-state index contributed by atoms with van der Waals surface area (Å²) in [5, 5.41) is 2.80. The van der Waals surface area contributed by atoms with E-state index in [1.807, 2.05) is 13.8 Å². The van der Waals surface area contributed by atoms with Crippen LogP contribution in [-0.2, 0) is 26.2 Å². The van der Waals surface area contributed by atoms with Crippen molar-refractivity contribution >= 4 is 21.8 Å². The second kappa shape index (κ2) is 11.9. The van der Waals surface area contributed by atoms with Crippen LogP contribution >= 0.6 is 0 Å². The van der Waals surface area contributed by atoms with E-state index in [9.17, 15) is 22.4 Å². The predicted molar refractivity (Wildman–Crippen MR) is 125 cm³/mol. The Balaban J connectivity index is 2.22. The molecule has 0 radical (unpaired) electrons. The molecule has 1 N–H and O–H groups in total. The molecule has 7 nitrogen and oxygen atoms in total. The predicted octanol–water partition coefficient (Wildman–Crippen LogP) is 3.09. The number of nitrogens with one attached hydrogen (secondary N) is 1. The Morgan fingerprint density at radius 2 is 1.67 bits per heavy atom. The van der Waals surface area contributed by atoms with E-state index in [4.69, 9.17) is 0 Å². The normalized spacial score (nSPS) is 12.4. The number of rotatable bonds is 11. The fraction of sp³-hybridized carbons (Fsp3) is 0.417. The van der Waals surface area contributed by atoms with Crippen molar-refractivity contribution in [1.29, 1.82) is 0 Å². The number of carbonyl (C=O) groups is 2. The zero-order valence-corrected chi connectivity index (χ0v) is 20.4. The van der Waals surface area contributed by atoms with Gasteiger partial charge in [-0.2, -0.15) is 4.31 Å². The molecule has 0 bridgehead atoms. The van der Waals surface area contributed by atoms with Gasteiger partial charge < -0.3 is 10.2 Å². The van der Waals surface area contributed by atoms with Crippen molar-refractivity contribution in [3.05, 3.63) is 65.5 Å². The van der Waals surface area contributed by atoms with Gasteiger partial charge in [-0.05, 0) is 50.1 Å². The van der Waals surface area contributed by atoms with Gasteiger partial charge in [0.05, 0.1) is 11.4 Å². The number of benzene rings is 2. The molecule has 0 aliphatic carbocycles. The molecule has 0 spiro atoms. The molecule has 33 heavy (non-hydrogen) atoms. The van der Waals surface area contributed by atoms with Crippen molar-refractivity contribution in [3.63, 3.8) is 0 Å². The topological polar surface area (TPSA) is 86.8 Å². The van der Waals surface area contributed by atoms with Gasteiger partial charge in [0.15, 0.2) is 0 Å². The average molecular weight is 478 g/mol. The SMILES string of the molecule is CCCCNC(=O)[C@@H](C)N(Cc1ccc(F)cc1)C(=O)CN(C)S(=O)(=O)c1ccc(C)cc1. The van der Waals surface area contributed by atoms with Gasteiger partial charge in [-0.3, -0.25) is 9.59 Å². The van der Waals surface area contributed by atoms with Gasteiger partial charge in [-0.15, -0.1) is 0 Å². The van der Waals surface area contributed by atoms with Gasteiger partial charge in [0.1, 0.15) is 11.9 Å². The van der Waals surface area contributed by atoms with Crippen LogP contribution in [-0.4, -0.2) is 55.6 Å². The summed E-state index contributed by atoms with van der Waals surface area (Å²) in [7, 11) is -2.56. The molecule has 180 valence electrons. The first-order chi connectivity index (χ1) is 15.6. The number of sulfonamides is 1. The summed E-state index contributed by atoms with van der Waals surface area (Å²) in [5.74, 6) is -1.27. The minimum Gasteiger partial charge on any atom is -0.354 e. The summed E-state index contributed by atoms with van der Waals surface area (Å²) in [4.78, 5) is 27.2. The molecule has 1 atom stereocenters. The largest absolute Gasteiger partial charge is 0.354 e. The molecule has 2 rings (SSSR count). The molecule has 2 amide bonds. The molecule has 0 heterocycles. The number of carbonyl (C=O) groups excluding carboxylic acids is 2. The Morgan fingerprint density at radius 1 is 1.06 bits per heavy atom. The van der Waals surface area contributed by atoms with Crippen molar-refractivity contribution in [2.24, 2.45) is 0 Å². The molecule has 0 aliphatic heterocycles. The van der Waals surface area contributed by atoms with E-state index >= 15 is 0 Å². The number of halogens is 1. The summed E-state index contributed by atoms with van der Waals surface area (Å²) in [5.41, 5.74) is 1.54. The lowest BCUT2D eigenvalue weighted by molar-refractivity contribution is -0.140. The third kappa shape index (κ3) is 7.36. The Bertz CT molecular complexity index is 1040. The summed E-state index contributed by atoms with van der Waals surface area (Å²) in [6.07, 6.45) is 1.72. The quantitative estimate of drug-likeness (QED) is 0.504. The molecule has 0 saturated heterocycles. The molecule has 0 aliphatic rings. The van der Waals surface area contributed by atoms with Crippen LogP contribution in [0.3, 0.4) is 0 Å². The third-order valence-electron chi connectivity index (χ3n) is 5.35. The Kier molecular flexibility index (Phi) is 9.55. The minimum atomic E-state index is -3.89. The maximum atomic E-state index is 13.3. The van der Waals surface area contributed by atoms with E-state index in [-0.39, 0.29) is 17.3 Å². The van der Waals surface area contributed by atoms with Gasteiger partial charge in [0.2, 0.25) is 21.8 Å². The zero-order chi connectivity index (χ0) is 24.6. The number of likely N-dealkylation sites (N-methyl/N-ethyl adjacent to an activating group) is 1. The molecule has 0 aromatic heterocycles. The molecule has 0 fully saturated rings. The van der Waals surface area contributed by atoms with Crippen LogP contribution in [0.1, 0.15) is 37.8 Å². The third-order valence-corrected chi connectivity index (χ3v) is 7.17. The van der Waals surface area contributed by atoms with E-state index < -0.39 is 34.3 Å². The maximum absolute atomic E-state index is 13.3. The fourth-order valence-electron chi connectivity index (χ4n) is 3.16. The minimum absolute atomic E-state index is 0.0416. The molecular formula is C24H32FN3O4S. The van der Waals surface area contributed by atoms with E-state index in [1.54, 1.807) is 19.1 Å². The van der Waals surface area contributed by atoms with Crippen LogP contribution in [0.5, 0.6) is 0 Å². The molecule has 2 aromatic carbocycles. The Morgan fingerprint density at radius 3 is 2.24 bits per heavy atom. The number of nitrogens with zero attached hydrogens (tertiary/aromatic N) is 2. The van der Waals surface area contributed by atoms with Crippen molar-refractivity contribution in [1.82, 2.24) is 14.5 Å². The van der Waals surface area contributed by atoms with Crippen LogP contribution in [0.4, 0.5) is 4.39 Å². The van der Waals surface area contributed by atoms with E-state index in [0.29, 0.717) is 12.1 Å². The smallest absolute Gasteiger partial charge is 0.243 e. The second-order valence-electron chi connectivity index (χ2n) is 8.04. The van der Waals surface area contributed by atoms with Gasteiger partial charge in [-0.25, -0.2) is 12.8 Å². The van der Waals surface area contributed by atoms with E-state index in [2.05, 4.69) is 5.32 Å². The molecular weight excluding hydrogens is 445 g/mol. The summed E-state index contributed by atoms with van der Waals surface area (Å²) in [6, 6.07) is 11.1. The number of unbranched alkanes of at least 4 members (excludes halogenated alkanes) is 1. The van der Waals surface area contributed by atoms with E-state index in [1.165, 1.54) is 48.3 Å². The van der Waals surface area contributed by atoms with Crippen molar-refractivity contribution in [2.45, 2.75) is 51.1 Å². The monoisotopic (exact) mass is 477 g/mol. The zero-order valence-electron chi connectivity index (χ0n) is 19.5. The standard InChI is InChI=1S/C24H32FN3O4S/c1-5-6-15-26-24(30)19(3)28(16-20-9-11-21(25)12-10-20)23(29)17-27(4)33(31,32)22-13-7-18(2)8-14-22/h7-14,19H,5-6,15-17H2,1-4H3,(H,26,30)/t19-/m1/s1. The Hall–Kier alpha value is -2.78. The highest BCUT2D eigenvalue weighted by molar-refractivity contribution is 7.89. The van der Waals surface area contributed by atoms with Crippen molar-refractivity contribution in [2.75, 3.05) is 20.1 Å². The molecule has 0 saturated carbocycles. The fourth-order valence-corrected chi connectivity index (χ4v) is 4.28. The van der Waals surface area contributed by atoms with E-state index in [0.717, 1.165) is 22.7 Å². The number of amides is 2. The van der Waals surface area contributed by atoms with Crippen LogP contribution in [0.25, 0.3) is 0 Å². The van der Waals surface area contributed by atoms with Gasteiger partial charge in [-0.1, -0.05) is 43.2 Å². The first-order valence-corrected chi connectivity index (χ1v) is 12.3. The number of hydrogen-bond donors (Lipinski definition) is 1. The van der Waals surface area contributed by atoms with Crippen LogP contribution in [0.2, 0.25) is 0 Å². The summed E-state index contributed by atoms with van der Waals surface area (Å²) >= 11 is 0. The van der Waals surface area contributed by atoms with Gasteiger partial charge in [0, 0.05) is 20.1 Å². The number of hydrogen-bond acceptors (Lipinski definition) is 4. The number of aryl methyl sites for hydroxylation is 1. The average Bonchev–Trinajstić information content (AvgIpc) is 2.78. The van der Waals surface area contributed by atoms with Crippen molar-refractivity contribution in [3.8, 4) is 0 Å². The maximum Gasteiger partial charge on any atom is 0.243 e. The van der Waals surface area contributed by atoms with Crippen LogP contribution < -0.4 is 5.32 Å². The molecule has 0 unspecified atom stereocenters. The summed E-state index contributed by atoms with van der Waals surface area (Å²) in [6.45, 7) is 5.54. The second-order valence-corrected chi connectivity index (χ2v) is 10.1. The molecule has 2 aromatic rings. The van der Waals surface area contributed by atoms with Gasteiger partial charge >= 0.3 is 0 Å². The highest BCUT2D eigenvalue weighted by atomic mass is 32.2. The lowest BCUT2D eigenvalue weighted by atomic mass is 10.1. The van der Waals surface area contributed by atoms with Crippen LogP contribution in [0, 0.1) is 12.7 Å².